The summed E-state index contributed by atoms with van der Waals surface area (Å²) in [6, 6.07) is 10.7. The Morgan fingerprint density at radius 2 is 2.18 bits per heavy atom. The number of allylic oxidation sites excluding steroid dienone is 1. The molecule has 0 radical (unpaired) electrons. The average Bonchev–Trinajstić information content (AvgIpc) is 2.39. The summed E-state index contributed by atoms with van der Waals surface area (Å²) in [6.45, 7) is 4.17. The van der Waals surface area contributed by atoms with Gasteiger partial charge >= 0.3 is 115 Å². The van der Waals surface area contributed by atoms with Crippen molar-refractivity contribution in [3.63, 3.8) is 0 Å². The fourth-order valence-corrected chi connectivity index (χ4v) is 4.22. The molecular formula is C15H18OTe. The SMILES string of the molecule is C#CCOC(CCC=C)C[Te]c1ccccc1. The summed E-state index contributed by atoms with van der Waals surface area (Å²) in [6.07, 6.45) is 9.49. The molecule has 1 aromatic carbocycles. The van der Waals surface area contributed by atoms with E-state index in [2.05, 4.69) is 42.8 Å². The van der Waals surface area contributed by atoms with Gasteiger partial charge in [-0.15, -0.1) is 0 Å². The summed E-state index contributed by atoms with van der Waals surface area (Å²) in [7, 11) is 0. The first kappa shape index (κ1) is 14.3. The van der Waals surface area contributed by atoms with E-state index in [4.69, 9.17) is 11.2 Å². The van der Waals surface area contributed by atoms with Crippen molar-refractivity contribution in [2.75, 3.05) is 6.61 Å². The van der Waals surface area contributed by atoms with E-state index in [0.717, 1.165) is 17.3 Å². The van der Waals surface area contributed by atoms with Crippen LogP contribution in [0.5, 0.6) is 0 Å². The molecule has 2 heteroatoms. The van der Waals surface area contributed by atoms with E-state index >= 15 is 0 Å². The van der Waals surface area contributed by atoms with Crippen molar-refractivity contribution >= 4 is 24.5 Å². The Balaban J connectivity index is 2.37. The summed E-state index contributed by atoms with van der Waals surface area (Å²) in [5.41, 5.74) is 0. The van der Waals surface area contributed by atoms with Crippen molar-refractivity contribution in [1.82, 2.24) is 0 Å². The fourth-order valence-electron chi connectivity index (χ4n) is 1.39. The second kappa shape index (κ2) is 9.32. The maximum atomic E-state index is 5.66. The molecule has 1 nitrogen and oxygen atoms in total. The Bertz CT molecular complexity index is 353. The van der Waals surface area contributed by atoms with Crippen LogP contribution in [0.2, 0.25) is 4.47 Å². The first-order valence-electron chi connectivity index (χ1n) is 5.70. The number of hydrogen-bond acceptors (Lipinski definition) is 1. The van der Waals surface area contributed by atoms with Gasteiger partial charge < -0.3 is 0 Å². The summed E-state index contributed by atoms with van der Waals surface area (Å²) in [5, 5.41) is 0. The van der Waals surface area contributed by atoms with Crippen LogP contribution in [0, 0.1) is 12.3 Å². The predicted octanol–water partition coefficient (Wildman–Crippen LogP) is 2.42. The molecular weight excluding hydrogens is 324 g/mol. The van der Waals surface area contributed by atoms with Crippen molar-refractivity contribution in [1.29, 1.82) is 0 Å². The average molecular weight is 342 g/mol. The van der Waals surface area contributed by atoms with Gasteiger partial charge in [0.15, 0.2) is 0 Å². The first-order chi connectivity index (χ1) is 8.36. The molecule has 1 unspecified atom stereocenters. The van der Waals surface area contributed by atoms with Gasteiger partial charge in [-0.1, -0.05) is 0 Å². The molecule has 0 aromatic heterocycles. The summed E-state index contributed by atoms with van der Waals surface area (Å²) in [4.78, 5) is 0. The van der Waals surface area contributed by atoms with E-state index in [0.29, 0.717) is 12.7 Å². The molecule has 0 aliphatic carbocycles. The van der Waals surface area contributed by atoms with Crippen molar-refractivity contribution in [3.8, 4) is 12.3 Å². The molecule has 0 amide bonds. The number of rotatable bonds is 8. The number of terminal acetylenes is 1. The normalized spacial score (nSPS) is 11.7. The third-order valence-corrected chi connectivity index (χ3v) is 5.54. The molecule has 0 heterocycles. The van der Waals surface area contributed by atoms with E-state index in [1.54, 1.807) is 0 Å². The van der Waals surface area contributed by atoms with Crippen LogP contribution in [0.3, 0.4) is 0 Å². The van der Waals surface area contributed by atoms with E-state index < -0.39 is 0 Å². The van der Waals surface area contributed by atoms with Crippen LogP contribution in [0.1, 0.15) is 12.8 Å². The fraction of sp³-hybridized carbons (Fsp3) is 0.333. The second-order valence-corrected chi connectivity index (χ2v) is 6.75. The Hall–Kier alpha value is -0.730. The third kappa shape index (κ3) is 6.54. The molecule has 0 saturated heterocycles. The van der Waals surface area contributed by atoms with Gasteiger partial charge in [0.25, 0.3) is 0 Å². The Morgan fingerprint density at radius 3 is 2.82 bits per heavy atom. The van der Waals surface area contributed by atoms with Gasteiger partial charge in [0, 0.05) is 0 Å². The van der Waals surface area contributed by atoms with E-state index in [-0.39, 0.29) is 20.9 Å². The Kier molecular flexibility index (Phi) is 7.85. The topological polar surface area (TPSA) is 9.23 Å². The van der Waals surface area contributed by atoms with Gasteiger partial charge in [-0.3, -0.25) is 0 Å². The van der Waals surface area contributed by atoms with Crippen LogP contribution in [0.4, 0.5) is 0 Å². The molecule has 1 atom stereocenters. The zero-order valence-corrected chi connectivity index (χ0v) is 12.3. The minimum absolute atomic E-state index is 0.161. The van der Waals surface area contributed by atoms with Crippen LogP contribution < -0.4 is 3.61 Å². The van der Waals surface area contributed by atoms with Crippen molar-refractivity contribution in [2.45, 2.75) is 23.4 Å². The first-order valence-corrected chi connectivity index (χ1v) is 8.52. The van der Waals surface area contributed by atoms with Gasteiger partial charge in [0.2, 0.25) is 0 Å². The van der Waals surface area contributed by atoms with E-state index in [1.165, 1.54) is 3.61 Å². The van der Waals surface area contributed by atoms with Gasteiger partial charge in [0.1, 0.15) is 0 Å². The molecule has 1 aromatic rings. The van der Waals surface area contributed by atoms with Crippen LogP contribution in [-0.2, 0) is 4.74 Å². The molecule has 90 valence electrons. The van der Waals surface area contributed by atoms with Gasteiger partial charge in [-0.2, -0.15) is 0 Å². The molecule has 0 bridgehead atoms. The molecule has 0 spiro atoms. The Morgan fingerprint density at radius 1 is 1.41 bits per heavy atom. The number of benzene rings is 1. The molecule has 0 aliphatic heterocycles. The number of hydrogen-bond donors (Lipinski definition) is 0. The second-order valence-electron chi connectivity index (χ2n) is 3.63. The standard InChI is InChI=1S/C15H18OTe/c1-3-5-9-14(16-12-4-2)13-17-15-10-7-6-8-11-15/h2-3,6-8,10-11,14H,1,5,9,12-13H2. The van der Waals surface area contributed by atoms with E-state index in [9.17, 15) is 0 Å². The molecule has 0 fully saturated rings. The van der Waals surface area contributed by atoms with Crippen LogP contribution in [0.25, 0.3) is 0 Å². The quantitative estimate of drug-likeness (QED) is 0.401. The molecule has 0 saturated carbocycles. The van der Waals surface area contributed by atoms with Crippen molar-refractivity contribution < 1.29 is 4.74 Å². The zero-order chi connectivity index (χ0) is 12.3. The van der Waals surface area contributed by atoms with Crippen LogP contribution in [0.15, 0.2) is 43.0 Å². The van der Waals surface area contributed by atoms with Gasteiger partial charge in [-0.25, -0.2) is 0 Å². The molecule has 0 aliphatic rings. The van der Waals surface area contributed by atoms with E-state index in [1.807, 2.05) is 6.08 Å². The zero-order valence-electron chi connectivity index (χ0n) is 9.97. The monoisotopic (exact) mass is 344 g/mol. The summed E-state index contributed by atoms with van der Waals surface area (Å²) < 4.78 is 8.28. The minimum atomic E-state index is -0.161. The predicted molar refractivity (Wildman–Crippen MR) is 74.6 cm³/mol. The van der Waals surface area contributed by atoms with Gasteiger partial charge in [0.05, 0.1) is 0 Å². The molecule has 1 rings (SSSR count). The summed E-state index contributed by atoms with van der Waals surface area (Å²) in [5.74, 6) is 2.54. The molecule has 17 heavy (non-hydrogen) atoms. The summed E-state index contributed by atoms with van der Waals surface area (Å²) >= 11 is -0.161. The van der Waals surface area contributed by atoms with Crippen molar-refractivity contribution in [2.24, 2.45) is 0 Å². The number of ether oxygens (including phenoxy) is 1. The molecule has 0 N–H and O–H groups in total. The van der Waals surface area contributed by atoms with Crippen molar-refractivity contribution in [3.05, 3.63) is 43.0 Å². The maximum absolute atomic E-state index is 5.66. The van der Waals surface area contributed by atoms with Gasteiger partial charge in [-0.05, 0) is 0 Å². The Labute approximate surface area is 114 Å². The van der Waals surface area contributed by atoms with Crippen LogP contribution in [-0.4, -0.2) is 33.6 Å². The third-order valence-electron chi connectivity index (χ3n) is 2.27. The van der Waals surface area contributed by atoms with Crippen LogP contribution >= 0.6 is 0 Å².